The van der Waals surface area contributed by atoms with Crippen molar-refractivity contribution in [3.63, 3.8) is 0 Å². The maximum atomic E-state index is 13.5. The molecule has 0 saturated carbocycles. The molecule has 1 fully saturated rings. The van der Waals surface area contributed by atoms with Crippen molar-refractivity contribution in [2.24, 2.45) is 0 Å². The summed E-state index contributed by atoms with van der Waals surface area (Å²) in [5.41, 5.74) is -0.683. The summed E-state index contributed by atoms with van der Waals surface area (Å²) in [4.78, 5) is 19.4. The van der Waals surface area contributed by atoms with Crippen molar-refractivity contribution in [3.8, 4) is 0 Å². The molecule has 172 valence electrons. The number of nitrogens with one attached hydrogen (secondary N) is 3. The van der Waals surface area contributed by atoms with Crippen LogP contribution in [0.3, 0.4) is 0 Å². The SMILES string of the molecule is C=CC(=O)Nc1ccccc1Nc1nc(NC2CCN(S(C)(=O)=O)C2)ncc1C(F)(F)F. The second-order valence-electron chi connectivity index (χ2n) is 7.07. The van der Waals surface area contributed by atoms with Crippen LogP contribution < -0.4 is 16.0 Å². The van der Waals surface area contributed by atoms with E-state index in [4.69, 9.17) is 0 Å². The van der Waals surface area contributed by atoms with Crippen LogP contribution in [0.1, 0.15) is 12.0 Å². The molecule has 0 radical (unpaired) electrons. The average Bonchev–Trinajstić information content (AvgIpc) is 3.17. The minimum absolute atomic E-state index is 0.0894. The number of hydrogen-bond acceptors (Lipinski definition) is 7. The Morgan fingerprint density at radius 3 is 2.56 bits per heavy atom. The van der Waals surface area contributed by atoms with Gasteiger partial charge in [-0.1, -0.05) is 18.7 Å². The molecule has 1 unspecified atom stereocenters. The number of anilines is 4. The lowest BCUT2D eigenvalue weighted by atomic mass is 10.2. The van der Waals surface area contributed by atoms with Crippen LogP contribution in [-0.2, 0) is 21.0 Å². The van der Waals surface area contributed by atoms with Crippen LogP contribution in [0.25, 0.3) is 0 Å². The summed E-state index contributed by atoms with van der Waals surface area (Å²) in [5, 5.41) is 8.00. The molecule has 1 aromatic heterocycles. The van der Waals surface area contributed by atoms with E-state index in [9.17, 15) is 26.4 Å². The smallest absolute Gasteiger partial charge is 0.350 e. The van der Waals surface area contributed by atoms with E-state index in [0.717, 1.165) is 12.3 Å². The van der Waals surface area contributed by atoms with Crippen LogP contribution in [0.4, 0.5) is 36.3 Å². The molecule has 0 spiro atoms. The number of nitrogens with zero attached hydrogens (tertiary/aromatic N) is 3. The van der Waals surface area contributed by atoms with Gasteiger partial charge in [0.25, 0.3) is 0 Å². The van der Waals surface area contributed by atoms with Gasteiger partial charge < -0.3 is 16.0 Å². The quantitative estimate of drug-likeness (QED) is 0.533. The Bertz CT molecular complexity index is 1120. The summed E-state index contributed by atoms with van der Waals surface area (Å²) in [6.45, 7) is 3.79. The third-order valence-corrected chi connectivity index (χ3v) is 5.94. The summed E-state index contributed by atoms with van der Waals surface area (Å²) >= 11 is 0. The molecule has 0 aliphatic carbocycles. The van der Waals surface area contributed by atoms with Crippen molar-refractivity contribution >= 4 is 39.1 Å². The first kappa shape index (κ1) is 23.5. The lowest BCUT2D eigenvalue weighted by Gasteiger charge is -2.18. The fourth-order valence-corrected chi connectivity index (χ4v) is 3.98. The molecular weight excluding hydrogens is 449 g/mol. The Morgan fingerprint density at radius 2 is 1.97 bits per heavy atom. The maximum absolute atomic E-state index is 13.5. The van der Waals surface area contributed by atoms with Crippen molar-refractivity contribution in [2.75, 3.05) is 35.3 Å². The fraction of sp³-hybridized carbons (Fsp3) is 0.316. The van der Waals surface area contributed by atoms with Crippen LogP contribution >= 0.6 is 0 Å². The third-order valence-electron chi connectivity index (χ3n) is 4.67. The van der Waals surface area contributed by atoms with E-state index in [0.29, 0.717) is 19.2 Å². The van der Waals surface area contributed by atoms with Gasteiger partial charge in [-0.2, -0.15) is 18.2 Å². The Labute approximate surface area is 182 Å². The lowest BCUT2D eigenvalue weighted by molar-refractivity contribution is -0.137. The Balaban J connectivity index is 1.88. The topological polar surface area (TPSA) is 116 Å². The summed E-state index contributed by atoms with van der Waals surface area (Å²) in [5.74, 6) is -1.14. The molecule has 13 heteroatoms. The Kier molecular flexibility index (Phi) is 6.69. The Morgan fingerprint density at radius 1 is 1.28 bits per heavy atom. The van der Waals surface area contributed by atoms with Gasteiger partial charge in [-0.05, 0) is 24.6 Å². The molecular formula is C19H21F3N6O3S. The predicted molar refractivity (Wildman–Crippen MR) is 114 cm³/mol. The zero-order chi connectivity index (χ0) is 23.5. The van der Waals surface area contributed by atoms with Gasteiger partial charge >= 0.3 is 6.18 Å². The molecule has 1 saturated heterocycles. The van der Waals surface area contributed by atoms with Gasteiger partial charge in [-0.3, -0.25) is 4.79 Å². The van der Waals surface area contributed by atoms with Gasteiger partial charge in [0.2, 0.25) is 21.9 Å². The number of halogens is 3. The van der Waals surface area contributed by atoms with Crippen molar-refractivity contribution in [1.29, 1.82) is 0 Å². The number of hydrogen-bond donors (Lipinski definition) is 3. The molecule has 0 bridgehead atoms. The molecule has 1 aliphatic heterocycles. The van der Waals surface area contributed by atoms with Gasteiger partial charge in [0.1, 0.15) is 11.4 Å². The standard InChI is InChI=1S/C19H21F3N6O3S/c1-3-16(29)25-14-6-4-5-7-15(14)26-17-13(19(20,21)22)10-23-18(27-17)24-12-8-9-28(11-12)32(2,30)31/h3-7,10,12H,1,8-9,11H2,2H3,(H,25,29)(H2,23,24,26,27). The summed E-state index contributed by atoms with van der Waals surface area (Å²) in [6, 6.07) is 5.82. The van der Waals surface area contributed by atoms with Crippen molar-refractivity contribution < 1.29 is 26.4 Å². The maximum Gasteiger partial charge on any atom is 0.421 e. The largest absolute Gasteiger partial charge is 0.421 e. The number of aromatic nitrogens is 2. The number of carbonyl (C=O) groups excluding carboxylic acids is 1. The van der Waals surface area contributed by atoms with Gasteiger partial charge in [-0.25, -0.2) is 17.7 Å². The highest BCUT2D eigenvalue weighted by atomic mass is 32.2. The van der Waals surface area contributed by atoms with E-state index >= 15 is 0 Å². The Hall–Kier alpha value is -3.19. The first-order valence-electron chi connectivity index (χ1n) is 9.42. The molecule has 3 rings (SSSR count). The summed E-state index contributed by atoms with van der Waals surface area (Å²) in [7, 11) is -3.37. The third kappa shape index (κ3) is 5.73. The average molecular weight is 470 g/mol. The highest BCUT2D eigenvalue weighted by Gasteiger charge is 2.36. The normalized spacial score (nSPS) is 17.1. The lowest BCUT2D eigenvalue weighted by Crippen LogP contribution is -2.31. The highest BCUT2D eigenvalue weighted by Crippen LogP contribution is 2.36. The van der Waals surface area contributed by atoms with Crippen molar-refractivity contribution in [2.45, 2.75) is 18.6 Å². The zero-order valence-corrected chi connectivity index (χ0v) is 17.8. The van der Waals surface area contributed by atoms with Crippen LogP contribution in [0.5, 0.6) is 0 Å². The minimum atomic E-state index is -4.74. The van der Waals surface area contributed by atoms with Crippen LogP contribution in [-0.4, -0.2) is 54.0 Å². The van der Waals surface area contributed by atoms with Gasteiger partial charge in [-0.15, -0.1) is 0 Å². The fourth-order valence-electron chi connectivity index (χ4n) is 3.10. The molecule has 1 amide bonds. The van der Waals surface area contributed by atoms with E-state index in [1.54, 1.807) is 12.1 Å². The van der Waals surface area contributed by atoms with Crippen LogP contribution in [0.15, 0.2) is 43.1 Å². The van der Waals surface area contributed by atoms with Crippen LogP contribution in [0.2, 0.25) is 0 Å². The number of rotatable bonds is 7. The number of carbonyl (C=O) groups is 1. The number of amides is 1. The van der Waals surface area contributed by atoms with E-state index < -0.39 is 33.5 Å². The predicted octanol–water partition coefficient (Wildman–Crippen LogP) is 2.81. The molecule has 9 nitrogen and oxygen atoms in total. The van der Waals surface area contributed by atoms with E-state index in [1.807, 2.05) is 0 Å². The number of alkyl halides is 3. The molecule has 1 atom stereocenters. The molecule has 2 heterocycles. The second-order valence-corrected chi connectivity index (χ2v) is 9.05. The monoisotopic (exact) mass is 470 g/mol. The summed E-state index contributed by atoms with van der Waals surface area (Å²) in [6.07, 6.45) is -1.51. The second kappa shape index (κ2) is 9.12. The number of para-hydroxylation sites is 2. The number of sulfonamides is 1. The molecule has 3 N–H and O–H groups in total. The molecule has 1 aliphatic rings. The minimum Gasteiger partial charge on any atom is -0.350 e. The van der Waals surface area contributed by atoms with Crippen molar-refractivity contribution in [1.82, 2.24) is 14.3 Å². The molecule has 1 aromatic carbocycles. The molecule has 2 aromatic rings. The first-order chi connectivity index (χ1) is 15.0. The summed E-state index contributed by atoms with van der Waals surface area (Å²) < 4.78 is 65.2. The van der Waals surface area contributed by atoms with E-state index in [1.165, 1.54) is 16.4 Å². The first-order valence-corrected chi connectivity index (χ1v) is 11.3. The highest BCUT2D eigenvalue weighted by molar-refractivity contribution is 7.88. The van der Waals surface area contributed by atoms with E-state index in [2.05, 4.69) is 32.5 Å². The van der Waals surface area contributed by atoms with Crippen molar-refractivity contribution in [3.05, 3.63) is 48.7 Å². The van der Waals surface area contributed by atoms with Gasteiger partial charge in [0.15, 0.2) is 0 Å². The zero-order valence-electron chi connectivity index (χ0n) is 17.0. The van der Waals surface area contributed by atoms with Gasteiger partial charge in [0, 0.05) is 25.3 Å². The molecule has 32 heavy (non-hydrogen) atoms. The van der Waals surface area contributed by atoms with Gasteiger partial charge in [0.05, 0.1) is 17.6 Å². The van der Waals surface area contributed by atoms with Crippen LogP contribution in [0, 0.1) is 0 Å². The van der Waals surface area contributed by atoms with E-state index in [-0.39, 0.29) is 29.9 Å². The number of benzene rings is 1.